The number of hydrogen-bond acceptors (Lipinski definition) is 6. The van der Waals surface area contributed by atoms with Gasteiger partial charge in [-0.2, -0.15) is 5.10 Å². The summed E-state index contributed by atoms with van der Waals surface area (Å²) in [7, 11) is 0. The normalized spacial score (nSPS) is 10.7. The molecule has 0 spiro atoms. The molecule has 4 aromatic rings. The molecule has 0 unspecified atom stereocenters. The molecule has 9 nitrogen and oxygen atoms in total. The van der Waals surface area contributed by atoms with E-state index in [1.165, 1.54) is 6.07 Å². The lowest BCUT2D eigenvalue weighted by atomic mass is 10.1. The van der Waals surface area contributed by atoms with Crippen molar-refractivity contribution in [1.82, 2.24) is 24.6 Å². The van der Waals surface area contributed by atoms with Crippen molar-refractivity contribution in [3.63, 3.8) is 0 Å². The third-order valence-corrected chi connectivity index (χ3v) is 5.31. The number of amides is 1. The van der Waals surface area contributed by atoms with Gasteiger partial charge in [0.1, 0.15) is 12.2 Å². The molecule has 0 radical (unpaired) electrons. The van der Waals surface area contributed by atoms with Crippen molar-refractivity contribution in [1.29, 1.82) is 0 Å². The van der Waals surface area contributed by atoms with Gasteiger partial charge in [-0.05, 0) is 29.3 Å². The van der Waals surface area contributed by atoms with Crippen molar-refractivity contribution in [2.75, 3.05) is 18.9 Å². The molecule has 3 N–H and O–H groups in total. The predicted octanol–water partition coefficient (Wildman–Crippen LogP) is 2.58. The third-order valence-electron chi connectivity index (χ3n) is 5.02. The number of rotatable bonds is 9. The number of carbonyl (C=O) groups excluding carboxylic acids is 1. The molecule has 0 bridgehead atoms. The number of aromatic nitrogens is 4. The lowest BCUT2D eigenvalue weighted by Gasteiger charge is -2.08. The lowest BCUT2D eigenvalue weighted by molar-refractivity contribution is 0.0947. The Kier molecular flexibility index (Phi) is 7.24. The van der Waals surface area contributed by atoms with Crippen molar-refractivity contribution in [2.24, 2.45) is 0 Å². The highest BCUT2D eigenvalue weighted by atomic mass is 35.5. The topological polar surface area (TPSA) is 117 Å². The minimum atomic E-state index is -0.340. The van der Waals surface area contributed by atoms with Crippen LogP contribution < -0.4 is 21.3 Å². The van der Waals surface area contributed by atoms with Gasteiger partial charge in [0, 0.05) is 24.7 Å². The molecule has 34 heavy (non-hydrogen) atoms. The van der Waals surface area contributed by atoms with Gasteiger partial charge in [0.05, 0.1) is 19.6 Å². The molecule has 0 fully saturated rings. The van der Waals surface area contributed by atoms with Gasteiger partial charge >= 0.3 is 0 Å². The van der Waals surface area contributed by atoms with E-state index in [4.69, 9.17) is 22.1 Å². The molecule has 0 aliphatic heterocycles. The van der Waals surface area contributed by atoms with Gasteiger partial charge in [-0.15, -0.1) is 0 Å². The van der Waals surface area contributed by atoms with Gasteiger partial charge in [-0.25, -0.2) is 4.98 Å². The highest BCUT2D eigenvalue weighted by Crippen LogP contribution is 2.20. The largest absolute Gasteiger partial charge is 0.489 e. The number of ether oxygens (including phenoxy) is 1. The first-order chi connectivity index (χ1) is 16.5. The van der Waals surface area contributed by atoms with Gasteiger partial charge in [0.15, 0.2) is 16.7 Å². The first-order valence-corrected chi connectivity index (χ1v) is 10.9. The summed E-state index contributed by atoms with van der Waals surface area (Å²) < 4.78 is 8.77. The van der Waals surface area contributed by atoms with Crippen LogP contribution in [0, 0.1) is 0 Å². The maximum Gasteiger partial charge on any atom is 0.256 e. The van der Waals surface area contributed by atoms with Gasteiger partial charge in [-0.3, -0.25) is 14.3 Å². The average Bonchev–Trinajstić information content (AvgIpc) is 3.20. The van der Waals surface area contributed by atoms with Crippen LogP contribution in [-0.4, -0.2) is 38.4 Å². The monoisotopic (exact) mass is 478 g/mol. The van der Waals surface area contributed by atoms with Crippen LogP contribution in [0.15, 0.2) is 78.0 Å². The second-order valence-electron chi connectivity index (χ2n) is 7.51. The number of halogens is 1. The molecule has 4 rings (SSSR count). The highest BCUT2D eigenvalue weighted by Gasteiger charge is 2.14. The SMILES string of the molecule is Nc1nn(Cc2ccc(Cn3ccccc3=O)cc2)cc1C(=O)NCCOc1cccnc1Cl. The standard InChI is InChI=1S/C24H23ClN6O3/c25-22-20(4-3-10-27-22)34-13-11-28-24(33)19-16-31(29-23(19)26)15-18-8-6-17(7-9-18)14-30-12-2-1-5-21(30)32/h1-10,12,16H,11,13-15H2,(H2,26,29)(H,28,33). The second-order valence-corrected chi connectivity index (χ2v) is 7.86. The minimum absolute atomic E-state index is 0.0446. The molecule has 0 aliphatic rings. The van der Waals surface area contributed by atoms with E-state index in [9.17, 15) is 9.59 Å². The number of hydrogen-bond donors (Lipinski definition) is 2. The van der Waals surface area contributed by atoms with Crippen LogP contribution in [0.2, 0.25) is 5.15 Å². The summed E-state index contributed by atoms with van der Waals surface area (Å²) in [4.78, 5) is 28.3. The van der Waals surface area contributed by atoms with E-state index in [-0.39, 0.29) is 35.6 Å². The number of anilines is 1. The van der Waals surface area contributed by atoms with Crippen molar-refractivity contribution >= 4 is 23.3 Å². The molecule has 3 aromatic heterocycles. The molecular formula is C24H23ClN6O3. The van der Waals surface area contributed by atoms with Gasteiger partial charge in [0.2, 0.25) is 0 Å². The Bertz CT molecular complexity index is 1330. The van der Waals surface area contributed by atoms with Crippen molar-refractivity contribution < 1.29 is 9.53 Å². The molecule has 0 atom stereocenters. The van der Waals surface area contributed by atoms with Gasteiger partial charge < -0.3 is 20.4 Å². The Labute approximate surface area is 200 Å². The molecule has 1 amide bonds. The maximum atomic E-state index is 12.5. The molecule has 0 saturated heterocycles. The molecule has 174 valence electrons. The summed E-state index contributed by atoms with van der Waals surface area (Å²) in [5, 5.41) is 7.27. The number of nitrogens with one attached hydrogen (secondary N) is 1. The zero-order valence-electron chi connectivity index (χ0n) is 18.2. The van der Waals surface area contributed by atoms with E-state index in [1.54, 1.807) is 46.0 Å². The van der Waals surface area contributed by atoms with Gasteiger partial charge in [0.25, 0.3) is 11.5 Å². The summed E-state index contributed by atoms with van der Waals surface area (Å²) >= 11 is 5.94. The first-order valence-electron chi connectivity index (χ1n) is 10.6. The maximum absolute atomic E-state index is 12.5. The summed E-state index contributed by atoms with van der Waals surface area (Å²) in [6.07, 6.45) is 4.94. The van der Waals surface area contributed by atoms with E-state index in [0.29, 0.717) is 24.4 Å². The lowest BCUT2D eigenvalue weighted by Crippen LogP contribution is -2.28. The van der Waals surface area contributed by atoms with E-state index in [0.717, 1.165) is 11.1 Å². The minimum Gasteiger partial charge on any atom is -0.489 e. The molecule has 3 heterocycles. The fourth-order valence-corrected chi connectivity index (χ4v) is 3.49. The molecule has 0 saturated carbocycles. The quantitative estimate of drug-likeness (QED) is 0.282. The Hall–Kier alpha value is -4.11. The third kappa shape index (κ3) is 5.81. The highest BCUT2D eigenvalue weighted by molar-refractivity contribution is 6.30. The predicted molar refractivity (Wildman–Crippen MR) is 129 cm³/mol. The van der Waals surface area contributed by atoms with Crippen LogP contribution in [0.25, 0.3) is 0 Å². The van der Waals surface area contributed by atoms with E-state index < -0.39 is 0 Å². The van der Waals surface area contributed by atoms with E-state index in [1.807, 2.05) is 30.3 Å². The van der Waals surface area contributed by atoms with Crippen LogP contribution in [0.4, 0.5) is 5.82 Å². The summed E-state index contributed by atoms with van der Waals surface area (Å²) in [6.45, 7) is 1.44. The zero-order valence-corrected chi connectivity index (χ0v) is 19.0. The van der Waals surface area contributed by atoms with Crippen LogP contribution in [0.5, 0.6) is 5.75 Å². The smallest absolute Gasteiger partial charge is 0.256 e. The fourth-order valence-electron chi connectivity index (χ4n) is 3.32. The average molecular weight is 479 g/mol. The van der Waals surface area contributed by atoms with Crippen LogP contribution in [0.3, 0.4) is 0 Å². The molecule has 1 aromatic carbocycles. The number of nitrogens with zero attached hydrogens (tertiary/aromatic N) is 4. The molecule has 10 heteroatoms. The number of pyridine rings is 2. The number of nitrogens with two attached hydrogens (primary N) is 1. The van der Waals surface area contributed by atoms with E-state index >= 15 is 0 Å². The Morgan fingerprint density at radius 1 is 1.06 bits per heavy atom. The second kappa shape index (κ2) is 10.7. The first kappa shape index (κ1) is 23.1. The Morgan fingerprint density at radius 3 is 2.56 bits per heavy atom. The molecule has 0 aliphatic carbocycles. The van der Waals surface area contributed by atoms with Crippen molar-refractivity contribution in [3.05, 3.63) is 105 Å². The molecular weight excluding hydrogens is 456 g/mol. The fraction of sp³-hybridized carbons (Fsp3) is 0.167. The Balaban J connectivity index is 1.31. The van der Waals surface area contributed by atoms with Crippen LogP contribution >= 0.6 is 11.6 Å². The van der Waals surface area contributed by atoms with E-state index in [2.05, 4.69) is 15.4 Å². The zero-order chi connectivity index (χ0) is 23.9. The van der Waals surface area contributed by atoms with Crippen molar-refractivity contribution in [2.45, 2.75) is 13.1 Å². The Morgan fingerprint density at radius 2 is 1.82 bits per heavy atom. The summed E-state index contributed by atoms with van der Waals surface area (Å²) in [6, 6.07) is 16.3. The number of nitrogen functional groups attached to an aromatic ring is 1. The number of carbonyl (C=O) groups is 1. The van der Waals surface area contributed by atoms with Crippen LogP contribution in [0.1, 0.15) is 21.5 Å². The summed E-state index contributed by atoms with van der Waals surface area (Å²) in [5.74, 6) is 0.259. The van der Waals surface area contributed by atoms with Gasteiger partial charge in [-0.1, -0.05) is 41.9 Å². The van der Waals surface area contributed by atoms with Crippen molar-refractivity contribution in [3.8, 4) is 5.75 Å². The number of benzene rings is 1. The van der Waals surface area contributed by atoms with Crippen LogP contribution in [-0.2, 0) is 13.1 Å². The summed E-state index contributed by atoms with van der Waals surface area (Å²) in [5.41, 5.74) is 8.19.